The Balaban J connectivity index is 2.68. The monoisotopic (exact) mass is 408 g/mol. The van der Waals surface area contributed by atoms with Gasteiger partial charge in [-0.3, -0.25) is 0 Å². The maximum atomic E-state index is 11.4. The molecule has 0 spiro atoms. The molecule has 0 radical (unpaired) electrons. The van der Waals surface area contributed by atoms with Crippen LogP contribution >= 0.6 is 69.6 Å². The molecular formula is C8H6Cl6O6. The molecule has 6 nitrogen and oxygen atoms in total. The topological polar surface area (TPSA) is 71.1 Å². The number of halogens is 6. The highest BCUT2D eigenvalue weighted by Crippen LogP contribution is 2.31. The van der Waals surface area contributed by atoms with Crippen molar-refractivity contribution >= 4 is 81.5 Å². The summed E-state index contributed by atoms with van der Waals surface area (Å²) in [7, 11) is 0. The van der Waals surface area contributed by atoms with Crippen LogP contribution < -0.4 is 0 Å². The SMILES string of the molecule is O=C(O[C@H]1OCCO[C@@H]1OC(=O)C(Cl)(Cl)Cl)C(Cl)(Cl)Cl. The van der Waals surface area contributed by atoms with Crippen molar-refractivity contribution in [3.05, 3.63) is 0 Å². The van der Waals surface area contributed by atoms with Crippen molar-refractivity contribution < 1.29 is 28.5 Å². The molecule has 0 unspecified atom stereocenters. The maximum absolute atomic E-state index is 11.4. The third kappa shape index (κ3) is 5.77. The van der Waals surface area contributed by atoms with Gasteiger partial charge in [0.15, 0.2) is 0 Å². The highest BCUT2D eigenvalue weighted by molar-refractivity contribution is 6.76. The number of ether oxygens (including phenoxy) is 4. The largest absolute Gasteiger partial charge is 0.426 e. The lowest BCUT2D eigenvalue weighted by molar-refractivity contribution is -0.302. The van der Waals surface area contributed by atoms with Gasteiger partial charge in [0.05, 0.1) is 13.2 Å². The Morgan fingerprint density at radius 2 is 1.10 bits per heavy atom. The van der Waals surface area contributed by atoms with Gasteiger partial charge in [0, 0.05) is 0 Å². The average Bonchev–Trinajstić information content (AvgIpc) is 2.29. The highest BCUT2D eigenvalue weighted by atomic mass is 35.6. The molecule has 2 atom stereocenters. The smallest absolute Gasteiger partial charge is 0.361 e. The molecular weight excluding hydrogens is 405 g/mol. The predicted molar refractivity (Wildman–Crippen MR) is 72.2 cm³/mol. The van der Waals surface area contributed by atoms with E-state index < -0.39 is 32.1 Å². The first kappa shape index (κ1) is 18.6. The Labute approximate surface area is 143 Å². The number of rotatable bonds is 2. The Kier molecular flexibility index (Phi) is 6.75. The van der Waals surface area contributed by atoms with E-state index in [2.05, 4.69) is 0 Å². The lowest BCUT2D eigenvalue weighted by Gasteiger charge is -2.31. The molecule has 0 N–H and O–H groups in total. The summed E-state index contributed by atoms with van der Waals surface area (Å²) in [5.41, 5.74) is 0. The Morgan fingerprint density at radius 3 is 1.35 bits per heavy atom. The average molecular weight is 411 g/mol. The van der Waals surface area contributed by atoms with E-state index in [1.165, 1.54) is 0 Å². The zero-order valence-corrected chi connectivity index (χ0v) is 13.8. The molecule has 1 aliphatic heterocycles. The van der Waals surface area contributed by atoms with Crippen LogP contribution in [0.25, 0.3) is 0 Å². The van der Waals surface area contributed by atoms with Gasteiger partial charge < -0.3 is 18.9 Å². The summed E-state index contributed by atoms with van der Waals surface area (Å²) in [6.07, 6.45) is -2.91. The Morgan fingerprint density at radius 1 is 0.800 bits per heavy atom. The molecule has 0 aliphatic carbocycles. The summed E-state index contributed by atoms with van der Waals surface area (Å²) in [6.45, 7) is 0.110. The first-order valence-electron chi connectivity index (χ1n) is 4.80. The zero-order chi connectivity index (χ0) is 15.6. The molecule has 0 aromatic carbocycles. The predicted octanol–water partition coefficient (Wildman–Crippen LogP) is 2.51. The molecule has 12 heteroatoms. The lowest BCUT2D eigenvalue weighted by atomic mass is 10.5. The van der Waals surface area contributed by atoms with Gasteiger partial charge in [-0.1, -0.05) is 69.6 Å². The fraction of sp³-hybridized carbons (Fsp3) is 0.750. The Hall–Kier alpha value is 0.600. The number of alkyl halides is 6. The van der Waals surface area contributed by atoms with Crippen molar-refractivity contribution in [1.29, 1.82) is 0 Å². The van der Waals surface area contributed by atoms with Crippen LogP contribution in [0.2, 0.25) is 0 Å². The molecule has 0 aromatic heterocycles. The van der Waals surface area contributed by atoms with E-state index >= 15 is 0 Å². The van der Waals surface area contributed by atoms with Gasteiger partial charge in [-0.15, -0.1) is 0 Å². The molecule has 0 bridgehead atoms. The molecule has 1 aliphatic rings. The second-order valence-corrected chi connectivity index (χ2v) is 7.85. The van der Waals surface area contributed by atoms with E-state index in [1.807, 2.05) is 0 Å². The fourth-order valence-electron chi connectivity index (χ4n) is 1.01. The molecule has 0 amide bonds. The van der Waals surface area contributed by atoms with Crippen molar-refractivity contribution in [3.63, 3.8) is 0 Å². The fourth-order valence-corrected chi connectivity index (χ4v) is 1.28. The first-order valence-corrected chi connectivity index (χ1v) is 7.07. The van der Waals surface area contributed by atoms with Gasteiger partial charge in [-0.25, -0.2) is 9.59 Å². The number of hydrogen-bond donors (Lipinski definition) is 0. The van der Waals surface area contributed by atoms with Gasteiger partial charge in [-0.05, 0) is 0 Å². The van der Waals surface area contributed by atoms with E-state index in [0.717, 1.165) is 0 Å². The summed E-state index contributed by atoms with van der Waals surface area (Å²) in [4.78, 5) is 22.8. The third-order valence-corrected chi connectivity index (χ3v) is 2.70. The van der Waals surface area contributed by atoms with Crippen LogP contribution in [0.15, 0.2) is 0 Å². The van der Waals surface area contributed by atoms with E-state index in [4.69, 9.17) is 88.6 Å². The van der Waals surface area contributed by atoms with Crippen molar-refractivity contribution in [1.82, 2.24) is 0 Å². The Bertz CT molecular complexity index is 341. The number of hydrogen-bond acceptors (Lipinski definition) is 6. The van der Waals surface area contributed by atoms with Gasteiger partial charge in [-0.2, -0.15) is 0 Å². The maximum Gasteiger partial charge on any atom is 0.361 e. The first-order chi connectivity index (χ1) is 9.01. The van der Waals surface area contributed by atoms with Gasteiger partial charge >= 0.3 is 11.9 Å². The minimum Gasteiger partial charge on any atom is -0.426 e. The van der Waals surface area contributed by atoms with Crippen LogP contribution in [0.1, 0.15) is 0 Å². The van der Waals surface area contributed by atoms with Crippen molar-refractivity contribution in [2.45, 2.75) is 20.2 Å². The molecule has 20 heavy (non-hydrogen) atoms. The minimum absolute atomic E-state index is 0.0552. The van der Waals surface area contributed by atoms with E-state index in [1.54, 1.807) is 0 Å². The van der Waals surface area contributed by atoms with Crippen LogP contribution in [0.3, 0.4) is 0 Å². The third-order valence-electron chi connectivity index (χ3n) is 1.78. The molecule has 0 saturated carbocycles. The molecule has 1 heterocycles. The van der Waals surface area contributed by atoms with Crippen LogP contribution in [0.5, 0.6) is 0 Å². The normalized spacial score (nSPS) is 24.1. The number of esters is 2. The summed E-state index contributed by atoms with van der Waals surface area (Å²) in [5.74, 6) is -2.49. The molecule has 1 saturated heterocycles. The van der Waals surface area contributed by atoms with E-state index in [0.29, 0.717) is 0 Å². The zero-order valence-electron chi connectivity index (χ0n) is 9.29. The van der Waals surface area contributed by atoms with Crippen molar-refractivity contribution in [2.75, 3.05) is 13.2 Å². The highest BCUT2D eigenvalue weighted by Gasteiger charge is 2.43. The summed E-state index contributed by atoms with van der Waals surface area (Å²) in [5, 5.41) is 0. The lowest BCUT2D eigenvalue weighted by Crippen LogP contribution is -2.46. The van der Waals surface area contributed by atoms with Gasteiger partial charge in [0.1, 0.15) is 0 Å². The second kappa shape index (κ2) is 7.24. The van der Waals surface area contributed by atoms with Crippen LogP contribution in [0, 0.1) is 0 Å². The van der Waals surface area contributed by atoms with E-state index in [9.17, 15) is 9.59 Å². The van der Waals surface area contributed by atoms with Gasteiger partial charge in [0.25, 0.3) is 20.2 Å². The summed E-state index contributed by atoms with van der Waals surface area (Å²) in [6, 6.07) is 0. The van der Waals surface area contributed by atoms with Crippen molar-refractivity contribution in [2.24, 2.45) is 0 Å². The quantitative estimate of drug-likeness (QED) is 0.514. The number of carbonyl (C=O) groups is 2. The van der Waals surface area contributed by atoms with E-state index in [-0.39, 0.29) is 13.2 Å². The van der Waals surface area contributed by atoms with Crippen LogP contribution in [-0.4, -0.2) is 45.3 Å². The minimum atomic E-state index is -2.33. The molecule has 1 rings (SSSR count). The second-order valence-electron chi connectivity index (χ2n) is 3.28. The summed E-state index contributed by atoms with van der Waals surface area (Å²) >= 11 is 31.9. The van der Waals surface area contributed by atoms with Gasteiger partial charge in [0.2, 0.25) is 0 Å². The molecule has 116 valence electrons. The van der Waals surface area contributed by atoms with Crippen LogP contribution in [0.4, 0.5) is 0 Å². The van der Waals surface area contributed by atoms with Crippen molar-refractivity contribution in [3.8, 4) is 0 Å². The molecule has 0 aromatic rings. The van der Waals surface area contributed by atoms with Crippen LogP contribution in [-0.2, 0) is 28.5 Å². The summed E-state index contributed by atoms with van der Waals surface area (Å²) < 4.78 is 14.8. The standard InChI is InChI=1S/C8H6Cl6O6/c9-7(10,11)5(15)19-3-4(18-2-1-17-3)20-6(16)8(12,13)14/h3-4H,1-2H2/t3-,4-/m1/s1. The molecule has 1 fully saturated rings. The number of carbonyl (C=O) groups excluding carboxylic acids is 2.